The number of anilines is 1. The lowest BCUT2D eigenvalue weighted by Gasteiger charge is -2.32. The van der Waals surface area contributed by atoms with Crippen molar-refractivity contribution < 1.29 is 4.74 Å². The summed E-state index contributed by atoms with van der Waals surface area (Å²) >= 11 is 0. The van der Waals surface area contributed by atoms with Crippen LogP contribution in [0.4, 0.5) is 5.82 Å². The SMILES string of the molecule is CN=C(NCc1ccc(N2CCOC(C)C2)nc1)NC(C)c1ccccc1. The molecule has 0 aliphatic carbocycles. The number of aliphatic imine (C=N–C) groups is 1. The molecular formula is C21H29N5O. The lowest BCUT2D eigenvalue weighted by molar-refractivity contribution is 0.0529. The smallest absolute Gasteiger partial charge is 0.191 e. The Kier molecular flexibility index (Phi) is 6.65. The number of hydrogen-bond acceptors (Lipinski definition) is 4. The first kappa shape index (κ1) is 19.2. The number of ether oxygens (including phenoxy) is 1. The molecule has 6 nitrogen and oxygen atoms in total. The summed E-state index contributed by atoms with van der Waals surface area (Å²) in [4.78, 5) is 11.2. The van der Waals surface area contributed by atoms with Gasteiger partial charge in [0.25, 0.3) is 0 Å². The van der Waals surface area contributed by atoms with Crippen LogP contribution in [-0.2, 0) is 11.3 Å². The van der Waals surface area contributed by atoms with Crippen molar-refractivity contribution in [2.45, 2.75) is 32.5 Å². The fourth-order valence-corrected chi connectivity index (χ4v) is 3.15. The predicted octanol–water partition coefficient (Wildman–Crippen LogP) is 2.73. The van der Waals surface area contributed by atoms with Gasteiger partial charge in [-0.2, -0.15) is 0 Å². The Morgan fingerprint density at radius 1 is 1.30 bits per heavy atom. The Bertz CT molecular complexity index is 732. The first-order valence-corrected chi connectivity index (χ1v) is 9.49. The van der Waals surface area contributed by atoms with Gasteiger partial charge in [0.05, 0.1) is 18.8 Å². The van der Waals surface area contributed by atoms with Crippen LogP contribution in [0.2, 0.25) is 0 Å². The van der Waals surface area contributed by atoms with E-state index in [0.717, 1.165) is 37.0 Å². The molecule has 3 rings (SSSR count). The molecule has 0 spiro atoms. The van der Waals surface area contributed by atoms with Crippen molar-refractivity contribution in [2.75, 3.05) is 31.6 Å². The second-order valence-electron chi connectivity index (χ2n) is 6.85. The molecule has 0 saturated carbocycles. The molecule has 2 N–H and O–H groups in total. The van der Waals surface area contributed by atoms with Gasteiger partial charge in [0.1, 0.15) is 5.82 Å². The maximum Gasteiger partial charge on any atom is 0.191 e. The standard InChI is InChI=1S/C21H29N5O/c1-16-15-26(11-12-27-16)20-10-9-18(13-23-20)14-24-21(22-3)25-17(2)19-7-5-4-6-8-19/h4-10,13,16-17H,11-12,14-15H2,1-3H3,(H2,22,24,25). The summed E-state index contributed by atoms with van der Waals surface area (Å²) in [5.41, 5.74) is 2.35. The first-order valence-electron chi connectivity index (χ1n) is 9.49. The lowest BCUT2D eigenvalue weighted by atomic mass is 10.1. The van der Waals surface area contributed by atoms with Gasteiger partial charge in [0, 0.05) is 32.9 Å². The van der Waals surface area contributed by atoms with E-state index < -0.39 is 0 Å². The molecule has 2 heterocycles. The zero-order valence-corrected chi connectivity index (χ0v) is 16.4. The highest BCUT2D eigenvalue weighted by Crippen LogP contribution is 2.15. The minimum atomic E-state index is 0.182. The van der Waals surface area contributed by atoms with Gasteiger partial charge in [-0.05, 0) is 31.0 Å². The summed E-state index contributed by atoms with van der Waals surface area (Å²) in [6.45, 7) is 7.44. The third-order valence-corrected chi connectivity index (χ3v) is 4.71. The molecule has 1 fully saturated rings. The highest BCUT2D eigenvalue weighted by atomic mass is 16.5. The summed E-state index contributed by atoms with van der Waals surface area (Å²) in [7, 11) is 1.79. The van der Waals surface area contributed by atoms with Crippen molar-refractivity contribution >= 4 is 11.8 Å². The quantitative estimate of drug-likeness (QED) is 0.629. The monoisotopic (exact) mass is 367 g/mol. The molecule has 1 aromatic heterocycles. The average Bonchev–Trinajstić information content (AvgIpc) is 2.72. The molecule has 0 bridgehead atoms. The fourth-order valence-electron chi connectivity index (χ4n) is 3.15. The molecule has 0 radical (unpaired) electrons. The average molecular weight is 367 g/mol. The molecule has 2 unspecified atom stereocenters. The number of nitrogens with zero attached hydrogens (tertiary/aromatic N) is 3. The van der Waals surface area contributed by atoms with Gasteiger partial charge in [-0.15, -0.1) is 0 Å². The number of guanidine groups is 1. The van der Waals surface area contributed by atoms with Crippen molar-refractivity contribution in [3.63, 3.8) is 0 Å². The molecule has 1 saturated heterocycles. The largest absolute Gasteiger partial charge is 0.375 e. The predicted molar refractivity (Wildman–Crippen MR) is 110 cm³/mol. The van der Waals surface area contributed by atoms with E-state index in [9.17, 15) is 0 Å². The van der Waals surface area contributed by atoms with E-state index in [1.807, 2.05) is 24.4 Å². The maximum atomic E-state index is 5.59. The highest BCUT2D eigenvalue weighted by molar-refractivity contribution is 5.80. The van der Waals surface area contributed by atoms with Gasteiger partial charge in [-0.1, -0.05) is 36.4 Å². The molecule has 6 heteroatoms. The normalized spacial score (nSPS) is 18.9. The molecule has 1 aliphatic rings. The Labute approximate surface area is 161 Å². The Morgan fingerprint density at radius 2 is 2.11 bits per heavy atom. The number of rotatable bonds is 5. The molecular weight excluding hydrogens is 338 g/mol. The number of aromatic nitrogens is 1. The number of hydrogen-bond donors (Lipinski definition) is 2. The van der Waals surface area contributed by atoms with Crippen molar-refractivity contribution in [1.82, 2.24) is 15.6 Å². The topological polar surface area (TPSA) is 61.8 Å². The third-order valence-electron chi connectivity index (χ3n) is 4.71. The van der Waals surface area contributed by atoms with Gasteiger partial charge in [-0.25, -0.2) is 4.98 Å². The van der Waals surface area contributed by atoms with E-state index in [0.29, 0.717) is 6.54 Å². The van der Waals surface area contributed by atoms with Crippen molar-refractivity contribution in [2.24, 2.45) is 4.99 Å². The van der Waals surface area contributed by atoms with E-state index in [2.05, 4.69) is 63.6 Å². The number of benzene rings is 1. The minimum Gasteiger partial charge on any atom is -0.375 e. The molecule has 2 aromatic rings. The van der Waals surface area contributed by atoms with E-state index in [-0.39, 0.29) is 12.1 Å². The van der Waals surface area contributed by atoms with Crippen molar-refractivity contribution in [3.05, 3.63) is 59.8 Å². The zero-order chi connectivity index (χ0) is 19.1. The van der Waals surface area contributed by atoms with Crippen LogP contribution < -0.4 is 15.5 Å². The molecule has 27 heavy (non-hydrogen) atoms. The number of morpholine rings is 1. The number of pyridine rings is 1. The van der Waals surface area contributed by atoms with Crippen LogP contribution in [0, 0.1) is 0 Å². The van der Waals surface area contributed by atoms with Crippen LogP contribution in [0.5, 0.6) is 0 Å². The van der Waals surface area contributed by atoms with Crippen LogP contribution in [0.15, 0.2) is 53.7 Å². The Hall–Kier alpha value is -2.60. The van der Waals surface area contributed by atoms with Crippen LogP contribution >= 0.6 is 0 Å². The van der Waals surface area contributed by atoms with E-state index in [4.69, 9.17) is 4.74 Å². The summed E-state index contributed by atoms with van der Waals surface area (Å²) in [6.07, 6.45) is 2.18. The van der Waals surface area contributed by atoms with Gasteiger partial charge in [0.2, 0.25) is 0 Å². The summed E-state index contributed by atoms with van der Waals surface area (Å²) in [5, 5.41) is 6.78. The minimum absolute atomic E-state index is 0.182. The molecule has 2 atom stereocenters. The van der Waals surface area contributed by atoms with Crippen molar-refractivity contribution in [1.29, 1.82) is 0 Å². The van der Waals surface area contributed by atoms with Gasteiger partial charge >= 0.3 is 0 Å². The third kappa shape index (κ3) is 5.44. The summed E-state index contributed by atoms with van der Waals surface area (Å²) in [6, 6.07) is 14.7. The second kappa shape index (κ2) is 9.37. The van der Waals surface area contributed by atoms with Crippen LogP contribution in [0.25, 0.3) is 0 Å². The molecule has 144 valence electrons. The van der Waals surface area contributed by atoms with Crippen LogP contribution in [0.3, 0.4) is 0 Å². The van der Waals surface area contributed by atoms with Crippen LogP contribution in [-0.4, -0.2) is 43.8 Å². The lowest BCUT2D eigenvalue weighted by Crippen LogP contribution is -2.41. The van der Waals surface area contributed by atoms with E-state index >= 15 is 0 Å². The van der Waals surface area contributed by atoms with Crippen LogP contribution in [0.1, 0.15) is 31.0 Å². The van der Waals surface area contributed by atoms with E-state index in [1.54, 1.807) is 7.05 Å². The fraction of sp³-hybridized carbons (Fsp3) is 0.429. The summed E-state index contributed by atoms with van der Waals surface area (Å²) in [5.74, 6) is 1.78. The number of nitrogens with one attached hydrogen (secondary N) is 2. The van der Waals surface area contributed by atoms with E-state index in [1.165, 1.54) is 5.56 Å². The molecule has 1 aliphatic heterocycles. The van der Waals surface area contributed by atoms with Gasteiger partial charge in [-0.3, -0.25) is 4.99 Å². The highest BCUT2D eigenvalue weighted by Gasteiger charge is 2.17. The van der Waals surface area contributed by atoms with Gasteiger partial charge < -0.3 is 20.3 Å². The maximum absolute atomic E-state index is 5.59. The summed E-state index contributed by atoms with van der Waals surface area (Å²) < 4.78 is 5.59. The Balaban J connectivity index is 1.52. The molecule has 0 amide bonds. The Morgan fingerprint density at radius 3 is 2.78 bits per heavy atom. The first-order chi connectivity index (χ1) is 13.2. The zero-order valence-electron chi connectivity index (χ0n) is 16.4. The van der Waals surface area contributed by atoms with Gasteiger partial charge in [0.15, 0.2) is 5.96 Å². The second-order valence-corrected chi connectivity index (χ2v) is 6.85. The van der Waals surface area contributed by atoms with Crippen molar-refractivity contribution in [3.8, 4) is 0 Å². The molecule has 1 aromatic carbocycles.